The zero-order chi connectivity index (χ0) is 46.9. The average Bonchev–Trinajstić information content (AvgIpc) is 3.70. The Morgan fingerprint density at radius 2 is 1.31 bits per heavy atom. The van der Waals surface area contributed by atoms with Gasteiger partial charge in [0.15, 0.2) is 0 Å². The minimum absolute atomic E-state index is 0.0131. The molecular weight excluding hydrogens is 873 g/mol. The number of aliphatic hydroxyl groups is 1. The molecule has 1 aliphatic heterocycles. The second-order valence-electron chi connectivity index (χ2n) is 15.8. The van der Waals surface area contributed by atoms with E-state index in [4.69, 9.17) is 17.2 Å². The van der Waals surface area contributed by atoms with E-state index in [0.717, 1.165) is 38.1 Å². The van der Waals surface area contributed by atoms with Gasteiger partial charge in [-0.3, -0.25) is 33.6 Å². The first-order chi connectivity index (χ1) is 31.2. The van der Waals surface area contributed by atoms with Crippen molar-refractivity contribution in [3.05, 3.63) is 108 Å². The van der Waals surface area contributed by atoms with Crippen LogP contribution in [0.15, 0.2) is 91.1 Å². The van der Waals surface area contributed by atoms with E-state index in [0.29, 0.717) is 30.5 Å². The summed E-state index contributed by atoms with van der Waals surface area (Å²) < 4.78 is 0. The fourth-order valence-electron chi connectivity index (χ4n) is 7.14. The Morgan fingerprint density at radius 1 is 0.723 bits per heavy atom. The summed E-state index contributed by atoms with van der Waals surface area (Å²) in [6.45, 7) is 1.57. The highest BCUT2D eigenvalue weighted by Crippen LogP contribution is 2.24. The minimum atomic E-state index is -1.58. The molecule has 65 heavy (non-hydrogen) atoms. The number of primary amides is 1. The summed E-state index contributed by atoms with van der Waals surface area (Å²) in [6, 6.07) is 16.3. The second-order valence-corrected chi connectivity index (χ2v) is 18.4. The number of nitrogens with one attached hydrogen (secondary N) is 7. The lowest BCUT2D eigenvalue weighted by Crippen LogP contribution is -2.62. The number of rotatable bonds is 14. The summed E-state index contributed by atoms with van der Waals surface area (Å²) in [6.07, 6.45) is 1.31. The maximum absolute atomic E-state index is 14.6. The predicted octanol–water partition coefficient (Wildman–Crippen LogP) is -0.178. The first-order valence-corrected chi connectivity index (χ1v) is 23.8. The van der Waals surface area contributed by atoms with Gasteiger partial charge in [0.05, 0.1) is 12.1 Å². The van der Waals surface area contributed by atoms with Crippen LogP contribution in [-0.4, -0.2) is 118 Å². The standard InChI is InChI=1S/C45H58N10O8S2/c1-26(56)38-45(63)53-36(39(48)57)24-64-65-25-37(54-40(58)31(47)20-27-12-4-2-5-13-27)44(62)51-34(21-28-14-6-3-7-15-28)42(60)52-35(22-29-23-49-32-17-9-8-16-30(29)32)43(61)50-33(41(59)55-38)18-10-11-19-46/h2-9,12-17,23,26,31,33-38,49,56H,10-11,18-22,24-25,46-47H2,1H3,(H2,48,57)(H,50,61)(H,51,62)(H,52,60)(H,53,63)(H,54,58)(H,55,59)/t26-,31+,33+,34+,35+,36+,37+,38+/m1/s1. The first kappa shape index (κ1) is 50.1. The van der Waals surface area contributed by atoms with Crippen LogP contribution in [0, 0.1) is 0 Å². The van der Waals surface area contributed by atoms with Crippen LogP contribution in [0.1, 0.15) is 42.9 Å². The molecule has 1 aliphatic rings. The van der Waals surface area contributed by atoms with Gasteiger partial charge < -0.3 is 59.2 Å². The fraction of sp³-hybridized carbons (Fsp3) is 0.400. The lowest BCUT2D eigenvalue weighted by molar-refractivity contribution is -0.136. The van der Waals surface area contributed by atoms with Gasteiger partial charge in [0.25, 0.3) is 0 Å². The van der Waals surface area contributed by atoms with Crippen LogP contribution in [0.2, 0.25) is 0 Å². The molecule has 8 atom stereocenters. The van der Waals surface area contributed by atoms with Crippen molar-refractivity contribution in [2.45, 2.75) is 93.8 Å². The van der Waals surface area contributed by atoms with Crippen molar-refractivity contribution in [1.82, 2.24) is 36.9 Å². The van der Waals surface area contributed by atoms with Crippen molar-refractivity contribution in [3.8, 4) is 0 Å². The Morgan fingerprint density at radius 3 is 1.97 bits per heavy atom. The molecule has 1 saturated heterocycles. The predicted molar refractivity (Wildman–Crippen MR) is 251 cm³/mol. The molecule has 2 heterocycles. The number of hydrogen-bond donors (Lipinski definition) is 11. The van der Waals surface area contributed by atoms with Crippen molar-refractivity contribution >= 4 is 73.8 Å². The maximum atomic E-state index is 14.6. The number of para-hydroxylation sites is 1. The third-order valence-electron chi connectivity index (χ3n) is 10.8. The summed E-state index contributed by atoms with van der Waals surface area (Å²) in [7, 11) is 2.14. The van der Waals surface area contributed by atoms with Crippen molar-refractivity contribution in [3.63, 3.8) is 0 Å². The van der Waals surface area contributed by atoms with E-state index in [2.05, 4.69) is 36.9 Å². The van der Waals surface area contributed by atoms with Crippen LogP contribution in [0.3, 0.4) is 0 Å². The lowest BCUT2D eigenvalue weighted by atomic mass is 10.0. The summed E-state index contributed by atoms with van der Waals surface area (Å²) in [5.74, 6) is -5.72. The zero-order valence-electron chi connectivity index (χ0n) is 36.0. The molecule has 5 rings (SSSR count). The van der Waals surface area contributed by atoms with Gasteiger partial charge in [-0.1, -0.05) is 100 Å². The van der Waals surface area contributed by atoms with Gasteiger partial charge >= 0.3 is 0 Å². The smallest absolute Gasteiger partial charge is 0.245 e. The van der Waals surface area contributed by atoms with E-state index < -0.39 is 89.7 Å². The van der Waals surface area contributed by atoms with Gasteiger partial charge in [0.1, 0.15) is 36.3 Å². The van der Waals surface area contributed by atoms with Gasteiger partial charge in [-0.25, -0.2) is 0 Å². The minimum Gasteiger partial charge on any atom is -0.391 e. The molecule has 0 radical (unpaired) electrons. The molecule has 4 aromatic rings. The molecule has 18 nitrogen and oxygen atoms in total. The van der Waals surface area contributed by atoms with Crippen LogP contribution in [0.4, 0.5) is 0 Å². The highest BCUT2D eigenvalue weighted by molar-refractivity contribution is 8.76. The summed E-state index contributed by atoms with van der Waals surface area (Å²) in [4.78, 5) is 100. The number of hydrogen-bond acceptors (Lipinski definition) is 12. The number of aliphatic hydroxyl groups excluding tert-OH is 1. The van der Waals surface area contributed by atoms with Crippen molar-refractivity contribution in [2.24, 2.45) is 17.2 Å². The number of carbonyl (C=O) groups is 7. The number of carbonyl (C=O) groups excluding carboxylic acids is 7. The maximum Gasteiger partial charge on any atom is 0.245 e. The number of H-pyrrole nitrogens is 1. The summed E-state index contributed by atoms with van der Waals surface area (Å²) in [5, 5.41) is 27.6. The molecule has 3 aromatic carbocycles. The molecular formula is C45H58N10O8S2. The van der Waals surface area contributed by atoms with E-state index >= 15 is 0 Å². The lowest BCUT2D eigenvalue weighted by Gasteiger charge is -2.29. The van der Waals surface area contributed by atoms with Crippen LogP contribution >= 0.6 is 21.6 Å². The summed E-state index contributed by atoms with van der Waals surface area (Å²) in [5.41, 5.74) is 20.7. The average molecular weight is 931 g/mol. The van der Waals surface area contributed by atoms with Crippen LogP contribution < -0.4 is 49.1 Å². The summed E-state index contributed by atoms with van der Waals surface area (Å²) >= 11 is 0. The number of aromatic nitrogens is 1. The molecule has 20 heteroatoms. The molecule has 1 fully saturated rings. The molecule has 0 spiro atoms. The quantitative estimate of drug-likeness (QED) is 0.0580. The number of amides is 7. The number of fused-ring (bicyclic) bond motifs is 1. The van der Waals surface area contributed by atoms with Gasteiger partial charge in [-0.05, 0) is 61.9 Å². The zero-order valence-corrected chi connectivity index (χ0v) is 37.6. The van der Waals surface area contributed by atoms with E-state index in [1.54, 1.807) is 36.5 Å². The molecule has 1 aromatic heterocycles. The Balaban J connectivity index is 1.53. The van der Waals surface area contributed by atoms with Crippen LogP contribution in [0.25, 0.3) is 10.9 Å². The molecule has 14 N–H and O–H groups in total. The molecule has 0 aliphatic carbocycles. The Hall–Kier alpha value is -5.93. The van der Waals surface area contributed by atoms with Crippen molar-refractivity contribution in [1.29, 1.82) is 0 Å². The number of aromatic amines is 1. The number of benzene rings is 3. The molecule has 348 valence electrons. The Bertz CT molecular complexity index is 2250. The van der Waals surface area contributed by atoms with Crippen molar-refractivity contribution in [2.75, 3.05) is 18.1 Å². The fourth-order valence-corrected chi connectivity index (χ4v) is 9.48. The molecule has 0 unspecified atom stereocenters. The number of nitrogens with two attached hydrogens (primary N) is 3. The van der Waals surface area contributed by atoms with E-state index in [9.17, 15) is 38.7 Å². The molecule has 0 bridgehead atoms. The van der Waals surface area contributed by atoms with Gasteiger partial charge in [-0.15, -0.1) is 0 Å². The topological polar surface area (TPSA) is 306 Å². The Kier molecular flexibility index (Phi) is 19.2. The van der Waals surface area contributed by atoms with E-state index in [-0.39, 0.29) is 37.2 Å². The third-order valence-corrected chi connectivity index (χ3v) is 13.2. The second kappa shape index (κ2) is 24.9. The van der Waals surface area contributed by atoms with E-state index in [1.807, 2.05) is 54.6 Å². The third kappa shape index (κ3) is 15.1. The largest absolute Gasteiger partial charge is 0.391 e. The molecule has 7 amide bonds. The van der Waals surface area contributed by atoms with Gasteiger partial charge in [-0.2, -0.15) is 0 Å². The normalized spacial score (nSPS) is 22.9. The van der Waals surface area contributed by atoms with Crippen LogP contribution in [0.5, 0.6) is 0 Å². The van der Waals surface area contributed by atoms with Gasteiger partial charge in [0, 0.05) is 41.4 Å². The highest BCUT2D eigenvalue weighted by Gasteiger charge is 2.35. The van der Waals surface area contributed by atoms with E-state index in [1.165, 1.54) is 6.92 Å². The number of unbranched alkanes of at least 4 members (excludes halogenated alkanes) is 1. The highest BCUT2D eigenvalue weighted by atomic mass is 33.1. The monoisotopic (exact) mass is 930 g/mol. The van der Waals surface area contributed by atoms with Crippen LogP contribution in [-0.2, 0) is 52.8 Å². The first-order valence-electron chi connectivity index (χ1n) is 21.4. The molecule has 0 saturated carbocycles. The van der Waals surface area contributed by atoms with Crippen molar-refractivity contribution < 1.29 is 38.7 Å². The van der Waals surface area contributed by atoms with Gasteiger partial charge in [0.2, 0.25) is 41.4 Å². The Labute approximate surface area is 384 Å². The SMILES string of the molecule is C[C@@H](O)[C@@H]1NC(=O)[C@H](CCCCN)NC(=O)[C@H](Cc2c[nH]c3ccccc23)NC(=O)[C@H](Cc2ccccc2)NC(=O)[C@@H](NC(=O)[C@@H](N)Cc2ccccc2)CSSC[C@@H](C(N)=O)NC1=O.